The molecule has 1 heterocycles. The predicted octanol–water partition coefficient (Wildman–Crippen LogP) is 6.52. The van der Waals surface area contributed by atoms with Crippen molar-refractivity contribution in [1.29, 1.82) is 0 Å². The average Bonchev–Trinajstić information content (AvgIpc) is 2.90. The van der Waals surface area contributed by atoms with Gasteiger partial charge in [-0.2, -0.15) is 0 Å². The van der Waals surface area contributed by atoms with Crippen LogP contribution < -0.4 is 0 Å². The Morgan fingerprint density at radius 1 is 0.559 bits per heavy atom. The number of aliphatic hydroxyl groups is 1. The number of hydrogen-bond acceptors (Lipinski definition) is 6. The summed E-state index contributed by atoms with van der Waals surface area (Å²) >= 11 is 0. The first kappa shape index (κ1) is 32.4. The summed E-state index contributed by atoms with van der Waals surface area (Å²) in [4.78, 5) is 0. The minimum atomic E-state index is -2.01. The molecule has 34 heavy (non-hydrogen) atoms. The molecule has 204 valence electrons. The van der Waals surface area contributed by atoms with Crippen LogP contribution in [0.5, 0.6) is 0 Å². The first-order valence-corrected chi connectivity index (χ1v) is 21.6. The summed E-state index contributed by atoms with van der Waals surface area (Å²) in [5, 5.41) is 10.4. The van der Waals surface area contributed by atoms with E-state index in [0.717, 1.165) is 54.4 Å². The van der Waals surface area contributed by atoms with Crippen molar-refractivity contribution in [2.75, 3.05) is 13.7 Å². The number of rotatable bonds is 17. The number of hydrogen-bond donors (Lipinski definition) is 1. The molecule has 0 unspecified atom stereocenters. The molecule has 1 rings (SSSR count). The molecule has 1 N–H and O–H groups in total. The van der Waals surface area contributed by atoms with Gasteiger partial charge in [0.2, 0.25) is 0 Å². The monoisotopic (exact) mass is 536 g/mol. The molecule has 0 amide bonds. The fraction of sp³-hybridized carbons (Fsp3) is 1.00. The van der Waals surface area contributed by atoms with Gasteiger partial charge in [0.1, 0.15) is 24.4 Å². The summed E-state index contributed by atoms with van der Waals surface area (Å²) in [5.74, 6) is 0. The molecule has 1 fully saturated rings. The van der Waals surface area contributed by atoms with Crippen LogP contribution in [0.3, 0.4) is 0 Å². The first-order valence-electron chi connectivity index (χ1n) is 14.0. The third-order valence-electron chi connectivity index (χ3n) is 8.96. The van der Waals surface area contributed by atoms with Crippen molar-refractivity contribution in [3.63, 3.8) is 0 Å². The Hall–Kier alpha value is 0.411. The molecule has 1 saturated heterocycles. The number of ether oxygens (including phenoxy) is 2. The van der Waals surface area contributed by atoms with Crippen LogP contribution in [0.15, 0.2) is 0 Å². The van der Waals surface area contributed by atoms with E-state index in [1.807, 2.05) is 0 Å². The van der Waals surface area contributed by atoms with E-state index in [-0.39, 0.29) is 24.9 Å². The highest BCUT2D eigenvalue weighted by Crippen LogP contribution is 2.39. The van der Waals surface area contributed by atoms with Crippen LogP contribution in [0.25, 0.3) is 0 Å². The lowest BCUT2D eigenvalue weighted by Crippen LogP contribution is -2.67. The van der Waals surface area contributed by atoms with Crippen molar-refractivity contribution in [3.05, 3.63) is 0 Å². The summed E-state index contributed by atoms with van der Waals surface area (Å²) in [5.41, 5.74) is 0. The van der Waals surface area contributed by atoms with Gasteiger partial charge in [-0.1, -0.05) is 62.3 Å². The fourth-order valence-electron chi connectivity index (χ4n) is 5.48. The lowest BCUT2D eigenvalue weighted by atomic mass is 9.99. The maximum atomic E-state index is 10.4. The number of methoxy groups -OCH3 is 1. The lowest BCUT2D eigenvalue weighted by molar-refractivity contribution is -0.285. The molecule has 1 aliphatic heterocycles. The molecule has 5 atom stereocenters. The van der Waals surface area contributed by atoms with E-state index < -0.39 is 37.3 Å². The molecule has 9 heteroatoms. The second kappa shape index (κ2) is 15.0. The summed E-state index contributed by atoms with van der Waals surface area (Å²) in [6.07, 6.45) is -2.04. The standard InChI is InChI=1S/C25H56O6Si3/c1-11-32(12-2,13-3)29-22-21(20-26)28-25(27-10)24(31-34(17-7,18-8)19-9)23(22)30-33(14-4,15-5)16-6/h21-26H,11-20H2,1-10H3/t21-,22-,23+,24-,25+/m0/s1. The van der Waals surface area contributed by atoms with Gasteiger partial charge in [0.15, 0.2) is 31.2 Å². The van der Waals surface area contributed by atoms with E-state index in [2.05, 4.69) is 62.3 Å². The lowest BCUT2D eigenvalue weighted by Gasteiger charge is -2.52. The minimum absolute atomic E-state index is 0.116. The summed E-state index contributed by atoms with van der Waals surface area (Å²) in [7, 11) is -4.32. The molecule has 0 radical (unpaired) electrons. The van der Waals surface area contributed by atoms with Gasteiger partial charge < -0.3 is 27.9 Å². The highest BCUT2D eigenvalue weighted by Gasteiger charge is 2.54. The Kier molecular flexibility index (Phi) is 14.3. The zero-order chi connectivity index (χ0) is 26.0. The van der Waals surface area contributed by atoms with Crippen LogP contribution in [-0.4, -0.2) is 74.5 Å². The van der Waals surface area contributed by atoms with Crippen LogP contribution in [0, 0.1) is 0 Å². The van der Waals surface area contributed by atoms with Crippen LogP contribution in [0.2, 0.25) is 54.4 Å². The normalized spacial score (nSPS) is 26.7. The third kappa shape index (κ3) is 7.25. The van der Waals surface area contributed by atoms with E-state index in [1.54, 1.807) is 7.11 Å². The van der Waals surface area contributed by atoms with E-state index in [4.69, 9.17) is 22.8 Å². The fourth-order valence-corrected chi connectivity index (χ4v) is 14.0. The zero-order valence-corrected chi connectivity index (χ0v) is 26.9. The highest BCUT2D eigenvalue weighted by molar-refractivity contribution is 6.74. The average molecular weight is 537 g/mol. The summed E-state index contributed by atoms with van der Waals surface area (Å²) in [6.45, 7) is 20.1. The highest BCUT2D eigenvalue weighted by atomic mass is 28.4. The SMILES string of the molecule is CC[Si](CC)(CC)O[C@H]1[C@H](O[Si](CC)(CC)CC)[C@H](OC)O[C@@H](CO)[C@@H]1O[Si](CC)(CC)CC. The van der Waals surface area contributed by atoms with Crippen molar-refractivity contribution in [1.82, 2.24) is 0 Å². The van der Waals surface area contributed by atoms with Gasteiger partial charge in [-0.25, -0.2) is 0 Å². The van der Waals surface area contributed by atoms with E-state index in [9.17, 15) is 5.11 Å². The minimum Gasteiger partial charge on any atom is -0.408 e. The Bertz CT molecular complexity index is 494. The molecule has 0 aromatic rings. The van der Waals surface area contributed by atoms with Gasteiger partial charge in [0, 0.05) is 7.11 Å². The molecule has 0 bridgehead atoms. The van der Waals surface area contributed by atoms with Crippen molar-refractivity contribution < 1.29 is 27.9 Å². The van der Waals surface area contributed by atoms with Gasteiger partial charge in [-0.05, 0) is 54.4 Å². The maximum absolute atomic E-state index is 10.4. The van der Waals surface area contributed by atoms with E-state index >= 15 is 0 Å². The quantitative estimate of drug-likeness (QED) is 0.213. The van der Waals surface area contributed by atoms with E-state index in [0.29, 0.717) is 0 Å². The topological polar surface area (TPSA) is 66.4 Å². The van der Waals surface area contributed by atoms with Crippen LogP contribution in [0.1, 0.15) is 62.3 Å². The Morgan fingerprint density at radius 3 is 1.18 bits per heavy atom. The molecule has 0 spiro atoms. The number of aliphatic hydroxyl groups excluding tert-OH is 1. The van der Waals surface area contributed by atoms with Crippen LogP contribution in [0.4, 0.5) is 0 Å². The molecule has 0 aromatic carbocycles. The van der Waals surface area contributed by atoms with Crippen molar-refractivity contribution in [2.24, 2.45) is 0 Å². The van der Waals surface area contributed by atoms with Crippen molar-refractivity contribution in [2.45, 2.75) is 147 Å². The molecular weight excluding hydrogens is 481 g/mol. The molecular formula is C25H56O6Si3. The van der Waals surface area contributed by atoms with Crippen molar-refractivity contribution in [3.8, 4) is 0 Å². The van der Waals surface area contributed by atoms with Crippen LogP contribution >= 0.6 is 0 Å². The first-order chi connectivity index (χ1) is 16.2. The molecule has 0 aromatic heterocycles. The predicted molar refractivity (Wildman–Crippen MR) is 149 cm³/mol. The third-order valence-corrected chi connectivity index (χ3v) is 22.9. The Morgan fingerprint density at radius 2 is 0.882 bits per heavy atom. The molecule has 6 nitrogen and oxygen atoms in total. The second-order valence-corrected chi connectivity index (χ2v) is 24.1. The summed E-state index contributed by atoms with van der Waals surface area (Å²) < 4.78 is 33.7. The van der Waals surface area contributed by atoms with Gasteiger partial charge >= 0.3 is 0 Å². The van der Waals surface area contributed by atoms with Gasteiger partial charge in [0.25, 0.3) is 0 Å². The summed E-state index contributed by atoms with van der Waals surface area (Å²) in [6, 6.07) is 9.40. The van der Waals surface area contributed by atoms with Crippen LogP contribution in [-0.2, 0) is 22.8 Å². The maximum Gasteiger partial charge on any atom is 0.192 e. The molecule has 0 saturated carbocycles. The van der Waals surface area contributed by atoms with Gasteiger partial charge in [-0.15, -0.1) is 0 Å². The van der Waals surface area contributed by atoms with Gasteiger partial charge in [0.05, 0.1) is 6.61 Å². The zero-order valence-electron chi connectivity index (χ0n) is 23.9. The van der Waals surface area contributed by atoms with Crippen molar-refractivity contribution >= 4 is 25.0 Å². The van der Waals surface area contributed by atoms with Gasteiger partial charge in [-0.3, -0.25) is 0 Å². The smallest absolute Gasteiger partial charge is 0.192 e. The van der Waals surface area contributed by atoms with E-state index in [1.165, 1.54) is 0 Å². The Labute approximate surface area is 213 Å². The largest absolute Gasteiger partial charge is 0.408 e. The second-order valence-electron chi connectivity index (χ2n) is 9.94. The molecule has 1 aliphatic rings. The molecule has 0 aliphatic carbocycles. The Balaban J connectivity index is 3.64.